The highest BCUT2D eigenvalue weighted by Gasteiger charge is 2.63. The van der Waals surface area contributed by atoms with Crippen molar-refractivity contribution in [3.8, 4) is 0 Å². The monoisotopic (exact) mass is 456 g/mol. The van der Waals surface area contributed by atoms with Crippen LogP contribution in [-0.4, -0.2) is 17.9 Å². The normalized spacial score (nSPS) is 44.8. The van der Waals surface area contributed by atoms with Gasteiger partial charge < -0.3 is 4.74 Å². The molecule has 0 saturated heterocycles. The number of carbonyl (C=O) groups is 2. The van der Waals surface area contributed by atoms with E-state index in [4.69, 9.17) is 4.74 Å². The van der Waals surface area contributed by atoms with Crippen molar-refractivity contribution in [3.05, 3.63) is 12.2 Å². The number of ether oxygens (including phenoxy) is 1. The van der Waals surface area contributed by atoms with Crippen LogP contribution in [0.4, 0.5) is 0 Å². The molecule has 0 aromatic rings. The Bertz CT molecular complexity index is 783. The van der Waals surface area contributed by atoms with Gasteiger partial charge in [0.05, 0.1) is 0 Å². The van der Waals surface area contributed by atoms with Crippen LogP contribution in [0.5, 0.6) is 0 Å². The number of carbonyl (C=O) groups excluding carboxylic acids is 2. The average molecular weight is 457 g/mol. The van der Waals surface area contributed by atoms with Crippen molar-refractivity contribution in [2.45, 2.75) is 106 Å². The standard InChI is InChI=1S/C30H48O3/c1-18(2)19(3)8-9-20(4)25-12-13-26-24-11-10-22-16-23(33-21(5)31)14-15-29(22,6)28(24)27(32)17-30(25,26)7/h8-9,18-20,22-26,28H,10-17H2,1-7H3/t19-,20+,22-,23-,24-,25+,26-,28+,29-,30+/m0/s1. The summed E-state index contributed by atoms with van der Waals surface area (Å²) in [4.78, 5) is 25.4. The third-order valence-electron chi connectivity index (χ3n) is 11.1. The van der Waals surface area contributed by atoms with Crippen molar-refractivity contribution < 1.29 is 14.3 Å². The summed E-state index contributed by atoms with van der Waals surface area (Å²) in [5.41, 5.74) is 0.246. The molecule has 3 nitrogen and oxygen atoms in total. The van der Waals surface area contributed by atoms with Crippen molar-refractivity contribution in [3.63, 3.8) is 0 Å². The summed E-state index contributed by atoms with van der Waals surface area (Å²) in [6.07, 6.45) is 13.6. The molecule has 4 rings (SSSR count). The quantitative estimate of drug-likeness (QED) is 0.323. The third kappa shape index (κ3) is 4.36. The van der Waals surface area contributed by atoms with Gasteiger partial charge >= 0.3 is 5.97 Å². The molecule has 0 amide bonds. The molecule has 0 N–H and O–H groups in total. The molecule has 10 atom stereocenters. The number of allylic oxidation sites excluding steroid dienone is 2. The predicted octanol–water partition coefficient (Wildman–Crippen LogP) is 7.24. The summed E-state index contributed by atoms with van der Waals surface area (Å²) in [6, 6.07) is 0. The molecule has 186 valence electrons. The van der Waals surface area contributed by atoms with E-state index in [1.165, 1.54) is 32.6 Å². The van der Waals surface area contributed by atoms with E-state index in [9.17, 15) is 9.59 Å². The minimum absolute atomic E-state index is 0.0535. The van der Waals surface area contributed by atoms with Crippen LogP contribution in [0.3, 0.4) is 0 Å². The number of Topliss-reactive ketones (excluding diaryl/α,β-unsaturated/α-hetero) is 1. The van der Waals surface area contributed by atoms with E-state index >= 15 is 0 Å². The lowest BCUT2D eigenvalue weighted by Gasteiger charge is -2.60. The third-order valence-corrected chi connectivity index (χ3v) is 11.1. The van der Waals surface area contributed by atoms with Gasteiger partial charge in [-0.2, -0.15) is 0 Å². The summed E-state index contributed by atoms with van der Waals surface area (Å²) < 4.78 is 5.60. The molecule has 0 bridgehead atoms. The van der Waals surface area contributed by atoms with Crippen molar-refractivity contribution in [2.75, 3.05) is 0 Å². The second-order valence-electron chi connectivity index (χ2n) is 13.2. The molecule has 0 aromatic heterocycles. The van der Waals surface area contributed by atoms with Gasteiger partial charge in [0.15, 0.2) is 0 Å². The predicted molar refractivity (Wildman–Crippen MR) is 133 cm³/mol. The number of ketones is 1. The molecule has 4 saturated carbocycles. The first-order valence-electron chi connectivity index (χ1n) is 13.9. The molecule has 4 fully saturated rings. The van der Waals surface area contributed by atoms with Gasteiger partial charge in [-0.05, 0) is 97.2 Å². The first-order chi connectivity index (χ1) is 15.5. The van der Waals surface area contributed by atoms with Crippen LogP contribution in [0.2, 0.25) is 0 Å². The Hall–Kier alpha value is -1.12. The maximum Gasteiger partial charge on any atom is 0.302 e. The zero-order valence-electron chi connectivity index (χ0n) is 22.2. The molecular formula is C30H48O3. The van der Waals surface area contributed by atoms with Gasteiger partial charge in [-0.15, -0.1) is 0 Å². The van der Waals surface area contributed by atoms with Crippen LogP contribution in [0.25, 0.3) is 0 Å². The minimum Gasteiger partial charge on any atom is -0.463 e. The van der Waals surface area contributed by atoms with Gasteiger partial charge in [-0.1, -0.05) is 53.7 Å². The molecule has 4 aliphatic rings. The van der Waals surface area contributed by atoms with E-state index in [2.05, 4.69) is 53.7 Å². The number of esters is 1. The zero-order chi connectivity index (χ0) is 24.1. The lowest BCUT2D eigenvalue weighted by Crippen LogP contribution is -2.58. The molecule has 4 aliphatic carbocycles. The minimum atomic E-state index is -0.162. The van der Waals surface area contributed by atoms with Gasteiger partial charge in [0.25, 0.3) is 0 Å². The first kappa shape index (κ1) is 25.0. The lowest BCUT2D eigenvalue weighted by atomic mass is 9.44. The smallest absolute Gasteiger partial charge is 0.302 e. The Morgan fingerprint density at radius 2 is 1.73 bits per heavy atom. The Morgan fingerprint density at radius 3 is 2.39 bits per heavy atom. The van der Waals surface area contributed by atoms with Crippen molar-refractivity contribution in [1.82, 2.24) is 0 Å². The van der Waals surface area contributed by atoms with Crippen LogP contribution in [0.15, 0.2) is 12.2 Å². The van der Waals surface area contributed by atoms with Crippen LogP contribution in [0.1, 0.15) is 99.8 Å². The highest BCUT2D eigenvalue weighted by Crippen LogP contribution is 2.67. The van der Waals surface area contributed by atoms with E-state index in [0.29, 0.717) is 47.2 Å². The number of hydrogen-bond acceptors (Lipinski definition) is 3. The van der Waals surface area contributed by atoms with Crippen LogP contribution >= 0.6 is 0 Å². The lowest BCUT2D eigenvalue weighted by molar-refractivity contribution is -0.169. The maximum atomic E-state index is 13.9. The van der Waals surface area contributed by atoms with E-state index in [-0.39, 0.29) is 28.8 Å². The molecule has 0 heterocycles. The average Bonchev–Trinajstić information content (AvgIpc) is 3.07. The van der Waals surface area contributed by atoms with Gasteiger partial charge in [0, 0.05) is 19.3 Å². The molecular weight excluding hydrogens is 408 g/mol. The zero-order valence-corrected chi connectivity index (χ0v) is 22.2. The van der Waals surface area contributed by atoms with Crippen LogP contribution in [0, 0.1) is 58.2 Å². The van der Waals surface area contributed by atoms with Crippen molar-refractivity contribution in [2.24, 2.45) is 58.2 Å². The second-order valence-corrected chi connectivity index (χ2v) is 13.2. The van der Waals surface area contributed by atoms with E-state index in [0.717, 1.165) is 25.7 Å². The van der Waals surface area contributed by atoms with Crippen LogP contribution in [-0.2, 0) is 14.3 Å². The second kappa shape index (κ2) is 9.15. The van der Waals surface area contributed by atoms with Crippen molar-refractivity contribution in [1.29, 1.82) is 0 Å². The molecule has 0 aromatic carbocycles. The van der Waals surface area contributed by atoms with Crippen molar-refractivity contribution >= 4 is 11.8 Å². The van der Waals surface area contributed by atoms with E-state index in [1.54, 1.807) is 0 Å². The van der Waals surface area contributed by atoms with E-state index in [1.807, 2.05) is 0 Å². The topological polar surface area (TPSA) is 43.4 Å². The summed E-state index contributed by atoms with van der Waals surface area (Å²) in [7, 11) is 0. The Morgan fingerprint density at radius 1 is 1.00 bits per heavy atom. The Balaban J connectivity index is 1.52. The molecule has 0 radical (unpaired) electrons. The summed E-state index contributed by atoms with van der Waals surface area (Å²) in [5.74, 6) is 4.80. The van der Waals surface area contributed by atoms with Crippen LogP contribution < -0.4 is 0 Å². The summed E-state index contributed by atoms with van der Waals surface area (Å²) in [5, 5.41) is 0. The Kier molecular flexibility index (Phi) is 6.93. The summed E-state index contributed by atoms with van der Waals surface area (Å²) in [6.45, 7) is 15.7. The molecule has 3 heteroatoms. The highest BCUT2D eigenvalue weighted by molar-refractivity contribution is 5.84. The SMILES string of the molecule is CC(=O)O[C@H]1CC[C@@]2(C)[C@@H](CC[C@H]3[C@@H]4CC[C@H]([C@H](C)C=C[C@H](C)C(C)C)[C@@]4(C)CC(=O)[C@@H]32)C1. The molecule has 33 heavy (non-hydrogen) atoms. The van der Waals surface area contributed by atoms with Gasteiger partial charge in [-0.3, -0.25) is 9.59 Å². The number of rotatable bonds is 5. The fourth-order valence-corrected chi connectivity index (χ4v) is 8.98. The molecule has 0 unspecified atom stereocenters. The summed E-state index contributed by atoms with van der Waals surface area (Å²) >= 11 is 0. The number of hydrogen-bond donors (Lipinski definition) is 0. The van der Waals surface area contributed by atoms with Gasteiger partial charge in [0.2, 0.25) is 0 Å². The van der Waals surface area contributed by atoms with Gasteiger partial charge in [-0.25, -0.2) is 0 Å². The fourth-order valence-electron chi connectivity index (χ4n) is 8.98. The first-order valence-corrected chi connectivity index (χ1v) is 13.9. The molecule has 0 spiro atoms. The van der Waals surface area contributed by atoms with E-state index < -0.39 is 0 Å². The largest absolute Gasteiger partial charge is 0.463 e. The van der Waals surface area contributed by atoms with Gasteiger partial charge in [0.1, 0.15) is 11.9 Å². The fraction of sp³-hybridized carbons (Fsp3) is 0.867. The highest BCUT2D eigenvalue weighted by atomic mass is 16.5. The maximum absolute atomic E-state index is 13.9. The molecule has 0 aliphatic heterocycles. The Labute approximate surface area is 202 Å². The number of fused-ring (bicyclic) bond motifs is 5.